The number of nitrogens with two attached hydrogens (primary N) is 1. The second-order valence-electron chi connectivity index (χ2n) is 4.07. The summed E-state index contributed by atoms with van der Waals surface area (Å²) < 4.78 is 10.7. The largest absolute Gasteiger partial charge is 0.496 e. The fraction of sp³-hybridized carbons (Fsp3) is 0.267. The summed E-state index contributed by atoms with van der Waals surface area (Å²) in [5.41, 5.74) is 8.76. The Morgan fingerprint density at radius 1 is 1.16 bits per heavy atom. The Labute approximate surface area is 113 Å². The van der Waals surface area contributed by atoms with Crippen molar-refractivity contribution in [2.45, 2.75) is 13.5 Å². The molecule has 0 amide bonds. The maximum absolute atomic E-state index is 5.73. The van der Waals surface area contributed by atoms with E-state index in [0.717, 1.165) is 28.2 Å². The number of ether oxygens (including phenoxy) is 2. The van der Waals surface area contributed by atoms with Gasteiger partial charge in [-0.2, -0.15) is 0 Å². The van der Waals surface area contributed by atoms with Crippen molar-refractivity contribution in [2.75, 3.05) is 13.7 Å². The summed E-state index contributed by atoms with van der Waals surface area (Å²) in [4.78, 5) is 4.19. The van der Waals surface area contributed by atoms with Gasteiger partial charge in [0.25, 0.3) is 0 Å². The van der Waals surface area contributed by atoms with Gasteiger partial charge < -0.3 is 15.2 Å². The highest BCUT2D eigenvalue weighted by atomic mass is 16.5. The lowest BCUT2D eigenvalue weighted by molar-refractivity contribution is 0.339. The first-order valence-corrected chi connectivity index (χ1v) is 6.23. The third-order valence-corrected chi connectivity index (χ3v) is 2.86. The molecule has 0 saturated heterocycles. The zero-order valence-corrected chi connectivity index (χ0v) is 11.2. The number of rotatable bonds is 5. The second-order valence-corrected chi connectivity index (χ2v) is 4.07. The Balaban J connectivity index is 2.38. The van der Waals surface area contributed by atoms with Crippen LogP contribution in [-0.4, -0.2) is 18.7 Å². The molecule has 1 heterocycles. The van der Waals surface area contributed by atoms with Crippen LogP contribution in [0.15, 0.2) is 36.7 Å². The van der Waals surface area contributed by atoms with E-state index in [2.05, 4.69) is 4.98 Å². The van der Waals surface area contributed by atoms with Gasteiger partial charge in [0.05, 0.1) is 19.9 Å². The van der Waals surface area contributed by atoms with E-state index in [9.17, 15) is 0 Å². The van der Waals surface area contributed by atoms with Crippen LogP contribution < -0.4 is 15.2 Å². The van der Waals surface area contributed by atoms with Crippen molar-refractivity contribution in [3.63, 3.8) is 0 Å². The van der Waals surface area contributed by atoms with Gasteiger partial charge in [-0.25, -0.2) is 0 Å². The number of hydrogen-bond acceptors (Lipinski definition) is 4. The Kier molecular flexibility index (Phi) is 4.36. The Bertz CT molecular complexity index is 556. The summed E-state index contributed by atoms with van der Waals surface area (Å²) in [5.74, 6) is 1.57. The molecule has 19 heavy (non-hydrogen) atoms. The van der Waals surface area contributed by atoms with Crippen LogP contribution in [-0.2, 0) is 6.54 Å². The van der Waals surface area contributed by atoms with Crippen LogP contribution in [0.4, 0.5) is 0 Å². The molecule has 100 valence electrons. The summed E-state index contributed by atoms with van der Waals surface area (Å²) in [6, 6.07) is 7.90. The van der Waals surface area contributed by atoms with E-state index in [1.54, 1.807) is 13.3 Å². The first-order chi connectivity index (χ1) is 9.28. The van der Waals surface area contributed by atoms with E-state index in [4.69, 9.17) is 15.2 Å². The molecule has 0 aliphatic heterocycles. The lowest BCUT2D eigenvalue weighted by Gasteiger charge is -2.10. The lowest BCUT2D eigenvalue weighted by Crippen LogP contribution is -2.00. The van der Waals surface area contributed by atoms with Crippen LogP contribution in [0.1, 0.15) is 12.5 Å². The highest BCUT2D eigenvalue weighted by Crippen LogP contribution is 2.27. The molecule has 4 nitrogen and oxygen atoms in total. The number of benzene rings is 1. The van der Waals surface area contributed by atoms with E-state index < -0.39 is 0 Å². The van der Waals surface area contributed by atoms with Crippen LogP contribution in [0.2, 0.25) is 0 Å². The van der Waals surface area contributed by atoms with E-state index in [0.29, 0.717) is 13.2 Å². The van der Waals surface area contributed by atoms with Crippen LogP contribution in [0.5, 0.6) is 11.5 Å². The molecular formula is C15H18N2O2. The van der Waals surface area contributed by atoms with E-state index in [1.165, 1.54) is 0 Å². The molecule has 2 aromatic rings. The maximum Gasteiger partial charge on any atom is 0.138 e. The molecule has 0 saturated carbocycles. The first-order valence-electron chi connectivity index (χ1n) is 6.23. The first kappa shape index (κ1) is 13.4. The van der Waals surface area contributed by atoms with Crippen molar-refractivity contribution in [1.82, 2.24) is 4.98 Å². The quantitative estimate of drug-likeness (QED) is 0.895. The zero-order valence-electron chi connectivity index (χ0n) is 11.2. The average molecular weight is 258 g/mol. The van der Waals surface area contributed by atoms with E-state index in [1.807, 2.05) is 37.4 Å². The van der Waals surface area contributed by atoms with Gasteiger partial charge in [-0.05, 0) is 30.7 Å². The Morgan fingerprint density at radius 2 is 2.00 bits per heavy atom. The summed E-state index contributed by atoms with van der Waals surface area (Å²) >= 11 is 0. The molecule has 0 radical (unpaired) electrons. The molecular weight excluding hydrogens is 240 g/mol. The monoisotopic (exact) mass is 258 g/mol. The number of pyridine rings is 1. The second kappa shape index (κ2) is 6.20. The number of hydrogen-bond donors (Lipinski definition) is 1. The van der Waals surface area contributed by atoms with Crippen molar-refractivity contribution >= 4 is 0 Å². The predicted octanol–water partition coefficient (Wildman–Crippen LogP) is 2.61. The van der Waals surface area contributed by atoms with Crippen molar-refractivity contribution < 1.29 is 9.47 Å². The third-order valence-electron chi connectivity index (χ3n) is 2.86. The molecule has 0 spiro atoms. The predicted molar refractivity (Wildman–Crippen MR) is 75.3 cm³/mol. The third kappa shape index (κ3) is 3.03. The molecule has 1 aromatic heterocycles. The summed E-state index contributed by atoms with van der Waals surface area (Å²) in [6.07, 6.45) is 3.52. The highest BCUT2D eigenvalue weighted by molar-refractivity contribution is 5.66. The molecule has 0 fully saturated rings. The van der Waals surface area contributed by atoms with Crippen molar-refractivity contribution in [3.8, 4) is 22.6 Å². The fourth-order valence-corrected chi connectivity index (χ4v) is 1.94. The van der Waals surface area contributed by atoms with Crippen molar-refractivity contribution in [3.05, 3.63) is 42.2 Å². The zero-order chi connectivity index (χ0) is 13.7. The standard InChI is InChI=1S/C15H18N2O2/c1-3-19-14-7-13(9-17-10-14)11-4-5-15(18-2)12(6-11)8-16/h4-7,9-10H,3,8,16H2,1-2H3. The van der Waals surface area contributed by atoms with Crippen LogP contribution in [0, 0.1) is 0 Å². The fourth-order valence-electron chi connectivity index (χ4n) is 1.94. The lowest BCUT2D eigenvalue weighted by atomic mass is 10.0. The Morgan fingerprint density at radius 3 is 2.68 bits per heavy atom. The normalized spacial score (nSPS) is 10.3. The molecule has 0 aliphatic carbocycles. The number of nitrogens with zero attached hydrogens (tertiary/aromatic N) is 1. The summed E-state index contributed by atoms with van der Waals surface area (Å²) in [7, 11) is 1.64. The van der Waals surface area contributed by atoms with Gasteiger partial charge >= 0.3 is 0 Å². The van der Waals surface area contributed by atoms with Crippen LogP contribution >= 0.6 is 0 Å². The molecule has 0 atom stereocenters. The molecule has 0 aliphatic rings. The minimum atomic E-state index is 0.440. The van der Waals surface area contributed by atoms with E-state index >= 15 is 0 Å². The summed E-state index contributed by atoms with van der Waals surface area (Å²) in [5, 5.41) is 0. The Hall–Kier alpha value is -2.07. The SMILES string of the molecule is CCOc1cncc(-c2ccc(OC)c(CN)c2)c1. The van der Waals surface area contributed by atoms with Crippen LogP contribution in [0.3, 0.4) is 0 Å². The molecule has 0 unspecified atom stereocenters. The molecule has 1 aromatic carbocycles. The minimum Gasteiger partial charge on any atom is -0.496 e. The average Bonchev–Trinajstić information content (AvgIpc) is 2.47. The minimum absolute atomic E-state index is 0.440. The van der Waals surface area contributed by atoms with Gasteiger partial charge in [0, 0.05) is 23.9 Å². The van der Waals surface area contributed by atoms with Crippen molar-refractivity contribution in [1.29, 1.82) is 0 Å². The maximum atomic E-state index is 5.73. The number of methoxy groups -OCH3 is 1. The van der Waals surface area contributed by atoms with Gasteiger partial charge in [-0.1, -0.05) is 6.07 Å². The molecule has 0 bridgehead atoms. The van der Waals surface area contributed by atoms with E-state index in [-0.39, 0.29) is 0 Å². The van der Waals surface area contributed by atoms with Crippen molar-refractivity contribution in [2.24, 2.45) is 5.73 Å². The smallest absolute Gasteiger partial charge is 0.138 e. The van der Waals surface area contributed by atoms with Gasteiger partial charge in [-0.3, -0.25) is 4.98 Å². The summed E-state index contributed by atoms with van der Waals surface area (Å²) in [6.45, 7) is 3.02. The topological polar surface area (TPSA) is 57.4 Å². The van der Waals surface area contributed by atoms with Gasteiger partial charge in [0.2, 0.25) is 0 Å². The van der Waals surface area contributed by atoms with Gasteiger partial charge in [0.15, 0.2) is 0 Å². The molecule has 4 heteroatoms. The van der Waals surface area contributed by atoms with Gasteiger partial charge in [-0.15, -0.1) is 0 Å². The molecule has 2 rings (SSSR count). The number of aromatic nitrogens is 1. The molecule has 2 N–H and O–H groups in total. The highest BCUT2D eigenvalue weighted by Gasteiger charge is 2.06. The van der Waals surface area contributed by atoms with Crippen LogP contribution in [0.25, 0.3) is 11.1 Å². The van der Waals surface area contributed by atoms with Gasteiger partial charge in [0.1, 0.15) is 11.5 Å².